The number of hydrogen-bond donors (Lipinski definition) is 1. The van der Waals surface area contributed by atoms with Crippen LogP contribution in [0.5, 0.6) is 0 Å². The summed E-state index contributed by atoms with van der Waals surface area (Å²) in [5.74, 6) is 0.200. The molecule has 1 N–H and O–H groups in total. The van der Waals surface area contributed by atoms with Crippen molar-refractivity contribution in [2.24, 2.45) is 0 Å². The fourth-order valence-corrected chi connectivity index (χ4v) is 4.98. The van der Waals surface area contributed by atoms with Crippen LogP contribution in [0.15, 0.2) is 91.4 Å². The molecule has 0 spiro atoms. The number of likely N-dealkylation sites (tertiary alicyclic amines) is 1. The molecule has 1 aliphatic heterocycles. The van der Waals surface area contributed by atoms with Gasteiger partial charge in [0.05, 0.1) is 11.9 Å². The van der Waals surface area contributed by atoms with Crippen molar-refractivity contribution in [1.82, 2.24) is 20.2 Å². The second kappa shape index (κ2) is 10.6. The Morgan fingerprint density at radius 1 is 0.912 bits per heavy atom. The highest BCUT2D eigenvalue weighted by atomic mass is 16.2. The number of carbonyl (C=O) groups is 1. The first-order valence-corrected chi connectivity index (χ1v) is 12.0. The van der Waals surface area contributed by atoms with Crippen molar-refractivity contribution in [1.29, 1.82) is 0 Å². The molecule has 0 bridgehead atoms. The second-order valence-corrected chi connectivity index (χ2v) is 9.05. The Bertz CT molecular complexity index is 1220. The number of aromatic nitrogens is 2. The molecule has 2 atom stereocenters. The van der Waals surface area contributed by atoms with Crippen molar-refractivity contribution in [3.05, 3.63) is 108 Å². The predicted molar refractivity (Wildman–Crippen MR) is 135 cm³/mol. The summed E-state index contributed by atoms with van der Waals surface area (Å²) in [7, 11) is 0. The van der Waals surface area contributed by atoms with Crippen LogP contribution in [0.25, 0.3) is 10.9 Å². The van der Waals surface area contributed by atoms with Crippen LogP contribution >= 0.6 is 0 Å². The van der Waals surface area contributed by atoms with E-state index in [1.54, 1.807) is 12.4 Å². The molecule has 2 aromatic heterocycles. The number of fused-ring (bicyclic) bond motifs is 1. The van der Waals surface area contributed by atoms with Gasteiger partial charge in [0.1, 0.15) is 0 Å². The maximum Gasteiger partial charge on any atom is 0.227 e. The van der Waals surface area contributed by atoms with Gasteiger partial charge in [-0.25, -0.2) is 0 Å². The van der Waals surface area contributed by atoms with Crippen LogP contribution in [-0.4, -0.2) is 39.4 Å². The van der Waals surface area contributed by atoms with E-state index in [1.165, 1.54) is 16.5 Å². The predicted octanol–water partition coefficient (Wildman–Crippen LogP) is 4.56. The van der Waals surface area contributed by atoms with Gasteiger partial charge in [0.15, 0.2) is 0 Å². The minimum atomic E-state index is 0.178. The van der Waals surface area contributed by atoms with Gasteiger partial charge in [0, 0.05) is 49.1 Å². The molecule has 5 rings (SSSR count). The fourth-order valence-electron chi connectivity index (χ4n) is 4.98. The Morgan fingerprint density at radius 3 is 2.56 bits per heavy atom. The average molecular weight is 451 g/mol. The molecule has 3 heterocycles. The molecular formula is C29H30N4O. The number of rotatable bonds is 7. The Balaban J connectivity index is 1.29. The number of amides is 1. The Kier molecular flexibility index (Phi) is 6.91. The SMILES string of the molecule is O=C(Cc1ccncc1)N1CC[C@H](NCc2ccnc3ccccc23)C[C@H]1Cc1ccccc1. The van der Waals surface area contributed by atoms with E-state index in [0.717, 1.165) is 43.4 Å². The van der Waals surface area contributed by atoms with E-state index in [9.17, 15) is 4.79 Å². The third kappa shape index (κ3) is 5.32. The third-order valence-electron chi connectivity index (χ3n) is 6.78. The average Bonchev–Trinajstić information content (AvgIpc) is 2.89. The van der Waals surface area contributed by atoms with Crippen LogP contribution in [0.4, 0.5) is 0 Å². The number of piperidine rings is 1. The monoisotopic (exact) mass is 450 g/mol. The summed E-state index contributed by atoms with van der Waals surface area (Å²) >= 11 is 0. The smallest absolute Gasteiger partial charge is 0.227 e. The molecule has 5 heteroatoms. The standard InChI is InChI=1S/C29H30N4O/c34-29(19-23-10-14-30-15-11-23)33-17-13-25(20-26(33)18-22-6-2-1-3-7-22)32-21-24-12-16-31-28-9-5-4-8-27(24)28/h1-12,14-16,25-26,32H,13,17-21H2/t25-,26+/m0/s1. The van der Waals surface area contributed by atoms with E-state index >= 15 is 0 Å². The van der Waals surface area contributed by atoms with Crippen molar-refractivity contribution in [3.8, 4) is 0 Å². The molecule has 2 aromatic carbocycles. The zero-order chi connectivity index (χ0) is 23.2. The van der Waals surface area contributed by atoms with Gasteiger partial charge in [0.2, 0.25) is 5.91 Å². The number of nitrogens with zero attached hydrogens (tertiary/aromatic N) is 3. The van der Waals surface area contributed by atoms with E-state index in [-0.39, 0.29) is 11.9 Å². The van der Waals surface area contributed by atoms with Crippen LogP contribution in [0.2, 0.25) is 0 Å². The van der Waals surface area contributed by atoms with E-state index in [1.807, 2.05) is 30.5 Å². The van der Waals surface area contributed by atoms with Crippen LogP contribution in [0.3, 0.4) is 0 Å². The molecule has 1 aliphatic rings. The maximum absolute atomic E-state index is 13.3. The molecule has 0 aliphatic carbocycles. The summed E-state index contributed by atoms with van der Waals surface area (Å²) in [4.78, 5) is 23.9. The molecule has 4 aromatic rings. The minimum Gasteiger partial charge on any atom is -0.339 e. The first-order valence-electron chi connectivity index (χ1n) is 12.0. The number of benzene rings is 2. The van der Waals surface area contributed by atoms with Gasteiger partial charge in [-0.15, -0.1) is 0 Å². The quantitative estimate of drug-likeness (QED) is 0.448. The van der Waals surface area contributed by atoms with E-state index < -0.39 is 0 Å². The van der Waals surface area contributed by atoms with Crippen molar-refractivity contribution in [3.63, 3.8) is 0 Å². The van der Waals surface area contributed by atoms with E-state index in [4.69, 9.17) is 0 Å². The lowest BCUT2D eigenvalue weighted by Crippen LogP contribution is -2.52. The summed E-state index contributed by atoms with van der Waals surface area (Å²) < 4.78 is 0. The van der Waals surface area contributed by atoms with Crippen molar-refractivity contribution < 1.29 is 4.79 Å². The summed E-state index contributed by atoms with van der Waals surface area (Å²) in [6, 6.07) is 25.3. The van der Waals surface area contributed by atoms with Crippen LogP contribution < -0.4 is 5.32 Å². The second-order valence-electron chi connectivity index (χ2n) is 9.05. The Hall–Kier alpha value is -3.57. The molecule has 5 nitrogen and oxygen atoms in total. The molecular weight excluding hydrogens is 420 g/mol. The van der Waals surface area contributed by atoms with Crippen molar-refractivity contribution >= 4 is 16.8 Å². The topological polar surface area (TPSA) is 58.1 Å². The van der Waals surface area contributed by atoms with Gasteiger partial charge < -0.3 is 10.2 Å². The lowest BCUT2D eigenvalue weighted by molar-refractivity contribution is -0.134. The highest BCUT2D eigenvalue weighted by Crippen LogP contribution is 2.24. The normalized spacial score (nSPS) is 18.2. The first kappa shape index (κ1) is 22.2. The number of hydrogen-bond acceptors (Lipinski definition) is 4. The third-order valence-corrected chi connectivity index (χ3v) is 6.78. The summed E-state index contributed by atoms with van der Waals surface area (Å²) in [6.07, 6.45) is 8.59. The van der Waals surface area contributed by atoms with Crippen LogP contribution in [-0.2, 0) is 24.2 Å². The summed E-state index contributed by atoms with van der Waals surface area (Å²) in [5.41, 5.74) is 4.58. The maximum atomic E-state index is 13.3. The molecule has 1 amide bonds. The van der Waals surface area contributed by atoms with Crippen molar-refractivity contribution in [2.75, 3.05) is 6.54 Å². The van der Waals surface area contributed by atoms with Gasteiger partial charge in [0.25, 0.3) is 0 Å². The molecule has 1 fully saturated rings. The van der Waals surface area contributed by atoms with Gasteiger partial charge in [-0.3, -0.25) is 14.8 Å². The van der Waals surface area contributed by atoms with Gasteiger partial charge in [-0.05, 0) is 60.2 Å². The van der Waals surface area contributed by atoms with Gasteiger partial charge >= 0.3 is 0 Å². The minimum absolute atomic E-state index is 0.178. The van der Waals surface area contributed by atoms with Gasteiger partial charge in [-0.2, -0.15) is 0 Å². The van der Waals surface area contributed by atoms with Gasteiger partial charge in [-0.1, -0.05) is 48.5 Å². The first-order chi connectivity index (χ1) is 16.8. The number of carbonyl (C=O) groups excluding carboxylic acids is 1. The molecule has 0 saturated carbocycles. The number of nitrogens with one attached hydrogen (secondary N) is 1. The highest BCUT2D eigenvalue weighted by Gasteiger charge is 2.31. The molecule has 1 saturated heterocycles. The van der Waals surface area contributed by atoms with Crippen LogP contribution in [0, 0.1) is 0 Å². The number of para-hydroxylation sites is 1. The Labute approximate surface area is 200 Å². The number of pyridine rings is 2. The fraction of sp³-hybridized carbons (Fsp3) is 0.276. The zero-order valence-electron chi connectivity index (χ0n) is 19.3. The molecule has 0 unspecified atom stereocenters. The van der Waals surface area contributed by atoms with Crippen molar-refractivity contribution in [2.45, 2.75) is 44.3 Å². The lowest BCUT2D eigenvalue weighted by Gasteiger charge is -2.40. The molecule has 34 heavy (non-hydrogen) atoms. The summed E-state index contributed by atoms with van der Waals surface area (Å²) in [6.45, 7) is 1.58. The van der Waals surface area contributed by atoms with E-state index in [0.29, 0.717) is 12.5 Å². The Morgan fingerprint density at radius 2 is 1.71 bits per heavy atom. The highest BCUT2D eigenvalue weighted by molar-refractivity contribution is 5.81. The van der Waals surface area contributed by atoms with Crippen LogP contribution in [0.1, 0.15) is 29.5 Å². The summed E-state index contributed by atoms with van der Waals surface area (Å²) in [5, 5.41) is 4.98. The zero-order valence-corrected chi connectivity index (χ0v) is 19.3. The lowest BCUT2D eigenvalue weighted by atomic mass is 9.91. The molecule has 172 valence electrons. The largest absolute Gasteiger partial charge is 0.339 e. The molecule has 0 radical (unpaired) electrons. The van der Waals surface area contributed by atoms with E-state index in [2.05, 4.69) is 68.7 Å².